The van der Waals surface area contributed by atoms with Crippen molar-refractivity contribution < 1.29 is 19.1 Å². The summed E-state index contributed by atoms with van der Waals surface area (Å²) in [6.45, 7) is 4.66. The van der Waals surface area contributed by atoms with Crippen LogP contribution in [0.3, 0.4) is 0 Å². The third-order valence-corrected chi connectivity index (χ3v) is 6.04. The molecule has 6 heteroatoms. The second kappa shape index (κ2) is 10.0. The number of likely N-dealkylation sites (tertiary alicyclic amines) is 1. The molecule has 0 spiro atoms. The topological polar surface area (TPSA) is 63.7 Å². The first-order valence-electron chi connectivity index (χ1n) is 10.3. The summed E-state index contributed by atoms with van der Waals surface area (Å²) >= 11 is 3.36. The Morgan fingerprint density at radius 1 is 1.00 bits per heavy atom. The van der Waals surface area contributed by atoms with Gasteiger partial charge in [0.1, 0.15) is 0 Å². The summed E-state index contributed by atoms with van der Waals surface area (Å²) in [5.74, 6) is -0.893. The van der Waals surface area contributed by atoms with Crippen molar-refractivity contribution in [2.45, 2.75) is 39.2 Å². The Hall–Kier alpha value is -2.47. The third kappa shape index (κ3) is 5.36. The van der Waals surface area contributed by atoms with E-state index in [2.05, 4.69) is 22.9 Å². The molecule has 2 aromatic carbocycles. The highest BCUT2D eigenvalue weighted by Crippen LogP contribution is 2.22. The monoisotopic (exact) mass is 471 g/mol. The number of piperidine rings is 1. The van der Waals surface area contributed by atoms with E-state index in [9.17, 15) is 14.4 Å². The number of hydrogen-bond acceptors (Lipinski definition) is 4. The van der Waals surface area contributed by atoms with E-state index in [-0.39, 0.29) is 23.6 Å². The van der Waals surface area contributed by atoms with Crippen LogP contribution in [-0.4, -0.2) is 41.8 Å². The molecule has 0 N–H and O–H groups in total. The Morgan fingerprint density at radius 3 is 2.13 bits per heavy atom. The molecule has 1 aliphatic rings. The molecule has 0 aliphatic carbocycles. The van der Waals surface area contributed by atoms with Gasteiger partial charge in [-0.1, -0.05) is 47.1 Å². The first-order chi connectivity index (χ1) is 14.4. The van der Waals surface area contributed by atoms with Gasteiger partial charge in [0.25, 0.3) is 5.91 Å². The van der Waals surface area contributed by atoms with Gasteiger partial charge >= 0.3 is 5.97 Å². The van der Waals surface area contributed by atoms with Gasteiger partial charge in [-0.2, -0.15) is 0 Å². The fourth-order valence-corrected chi connectivity index (χ4v) is 3.82. The maximum atomic E-state index is 12.6. The molecule has 1 saturated heterocycles. The summed E-state index contributed by atoms with van der Waals surface area (Å²) in [6.07, 6.45) is 1.15. The number of carbonyl (C=O) groups excluding carboxylic acids is 3. The fourth-order valence-electron chi connectivity index (χ4n) is 3.56. The summed E-state index contributed by atoms with van der Waals surface area (Å²) in [5.41, 5.74) is 2.33. The van der Waals surface area contributed by atoms with Crippen molar-refractivity contribution in [1.82, 2.24) is 4.90 Å². The van der Waals surface area contributed by atoms with E-state index in [0.717, 1.165) is 16.5 Å². The average molecular weight is 472 g/mol. The van der Waals surface area contributed by atoms with Crippen LogP contribution in [0.5, 0.6) is 0 Å². The Kier molecular flexibility index (Phi) is 7.43. The number of aryl methyl sites for hydroxylation is 1. The van der Waals surface area contributed by atoms with Crippen molar-refractivity contribution in [1.29, 1.82) is 0 Å². The number of carbonyl (C=O) groups is 3. The molecular weight excluding hydrogens is 446 g/mol. The van der Waals surface area contributed by atoms with Gasteiger partial charge in [-0.25, -0.2) is 0 Å². The normalized spacial score (nSPS) is 15.5. The predicted octanol–water partition coefficient (Wildman–Crippen LogP) is 4.68. The molecule has 0 unspecified atom stereocenters. The summed E-state index contributed by atoms with van der Waals surface area (Å²) in [5, 5.41) is 0. The largest absolute Gasteiger partial charge is 0.454 e. The number of ketones is 1. The van der Waals surface area contributed by atoms with Crippen molar-refractivity contribution in [2.75, 3.05) is 13.1 Å². The van der Waals surface area contributed by atoms with Gasteiger partial charge < -0.3 is 9.64 Å². The highest BCUT2D eigenvalue weighted by atomic mass is 79.9. The highest BCUT2D eigenvalue weighted by Gasteiger charge is 2.31. The molecule has 1 atom stereocenters. The number of rotatable bonds is 6. The SMILES string of the molecule is CCc1ccc(C(=O)[C@H](C)OC(=O)C2CCN(C(=O)c3ccc(Br)cc3)CC2)cc1. The average Bonchev–Trinajstić information content (AvgIpc) is 2.78. The Morgan fingerprint density at radius 2 is 1.57 bits per heavy atom. The molecule has 1 amide bonds. The third-order valence-electron chi connectivity index (χ3n) is 5.52. The van der Waals surface area contributed by atoms with Crippen LogP contribution in [0.25, 0.3) is 0 Å². The van der Waals surface area contributed by atoms with E-state index < -0.39 is 6.10 Å². The summed E-state index contributed by atoms with van der Waals surface area (Å²) < 4.78 is 6.38. The lowest BCUT2D eigenvalue weighted by Gasteiger charge is -2.31. The minimum atomic E-state index is -0.826. The predicted molar refractivity (Wildman–Crippen MR) is 118 cm³/mol. The van der Waals surface area contributed by atoms with Crippen LogP contribution in [0.4, 0.5) is 0 Å². The van der Waals surface area contributed by atoms with E-state index >= 15 is 0 Å². The number of halogens is 1. The van der Waals surface area contributed by atoms with Crippen molar-refractivity contribution in [3.63, 3.8) is 0 Å². The van der Waals surface area contributed by atoms with Gasteiger partial charge in [0.05, 0.1) is 5.92 Å². The van der Waals surface area contributed by atoms with Crippen molar-refractivity contribution in [3.05, 3.63) is 69.7 Å². The van der Waals surface area contributed by atoms with Crippen LogP contribution in [-0.2, 0) is 16.0 Å². The Balaban J connectivity index is 1.51. The van der Waals surface area contributed by atoms with Gasteiger partial charge in [0.15, 0.2) is 6.10 Å². The van der Waals surface area contributed by atoms with E-state index in [0.29, 0.717) is 37.1 Å². The minimum Gasteiger partial charge on any atom is -0.454 e. The van der Waals surface area contributed by atoms with Gasteiger partial charge in [-0.3, -0.25) is 14.4 Å². The standard InChI is InChI=1S/C24H26BrNO4/c1-3-17-4-6-18(7-5-17)22(27)16(2)30-24(29)20-12-14-26(15-13-20)23(28)19-8-10-21(25)11-9-19/h4-11,16,20H,3,12-15H2,1-2H3/t16-/m0/s1. The van der Waals surface area contributed by atoms with Gasteiger partial charge in [-0.15, -0.1) is 0 Å². The van der Waals surface area contributed by atoms with Crippen LogP contribution in [0.2, 0.25) is 0 Å². The van der Waals surface area contributed by atoms with Gasteiger partial charge in [0, 0.05) is 28.7 Å². The zero-order valence-corrected chi connectivity index (χ0v) is 18.9. The lowest BCUT2D eigenvalue weighted by atomic mass is 9.96. The number of hydrogen-bond donors (Lipinski definition) is 0. The van der Waals surface area contributed by atoms with Crippen molar-refractivity contribution in [3.8, 4) is 0 Å². The zero-order valence-electron chi connectivity index (χ0n) is 17.3. The molecule has 0 aromatic heterocycles. The molecule has 158 valence electrons. The number of esters is 1. The van der Waals surface area contributed by atoms with Gasteiger partial charge in [-0.05, 0) is 56.0 Å². The molecule has 1 aliphatic heterocycles. The smallest absolute Gasteiger partial charge is 0.309 e. The maximum absolute atomic E-state index is 12.6. The quantitative estimate of drug-likeness (QED) is 0.453. The van der Waals surface area contributed by atoms with Crippen LogP contribution in [0.15, 0.2) is 53.0 Å². The van der Waals surface area contributed by atoms with Gasteiger partial charge in [0.2, 0.25) is 5.78 Å². The van der Waals surface area contributed by atoms with E-state index in [4.69, 9.17) is 4.74 Å². The molecule has 3 rings (SSSR count). The lowest BCUT2D eigenvalue weighted by molar-refractivity contribution is -0.152. The van der Waals surface area contributed by atoms with E-state index in [1.807, 2.05) is 24.3 Å². The molecular formula is C24H26BrNO4. The van der Waals surface area contributed by atoms with Crippen LogP contribution >= 0.6 is 15.9 Å². The van der Waals surface area contributed by atoms with Crippen LogP contribution < -0.4 is 0 Å². The maximum Gasteiger partial charge on any atom is 0.309 e. The Labute approximate surface area is 185 Å². The first kappa shape index (κ1) is 22.2. The molecule has 0 bridgehead atoms. The number of ether oxygens (including phenoxy) is 1. The lowest BCUT2D eigenvalue weighted by Crippen LogP contribution is -2.41. The summed E-state index contributed by atoms with van der Waals surface area (Å²) in [6, 6.07) is 14.6. The van der Waals surface area contributed by atoms with E-state index in [1.54, 1.807) is 36.1 Å². The molecule has 1 heterocycles. The second-order valence-electron chi connectivity index (χ2n) is 7.57. The Bertz CT molecular complexity index is 900. The summed E-state index contributed by atoms with van der Waals surface area (Å²) in [7, 11) is 0. The summed E-state index contributed by atoms with van der Waals surface area (Å²) in [4.78, 5) is 39.5. The van der Waals surface area contributed by atoms with Crippen molar-refractivity contribution in [2.24, 2.45) is 5.92 Å². The molecule has 5 nitrogen and oxygen atoms in total. The molecule has 0 radical (unpaired) electrons. The minimum absolute atomic E-state index is 0.0339. The number of amides is 1. The zero-order chi connectivity index (χ0) is 21.7. The molecule has 1 fully saturated rings. The number of benzene rings is 2. The molecule has 0 saturated carbocycles. The molecule has 2 aromatic rings. The molecule has 30 heavy (non-hydrogen) atoms. The highest BCUT2D eigenvalue weighted by molar-refractivity contribution is 9.10. The van der Waals surface area contributed by atoms with Crippen molar-refractivity contribution >= 4 is 33.6 Å². The van der Waals surface area contributed by atoms with Crippen LogP contribution in [0.1, 0.15) is 53.0 Å². The number of Topliss-reactive ketones (excluding diaryl/α,β-unsaturated/α-hetero) is 1. The number of nitrogens with zero attached hydrogens (tertiary/aromatic N) is 1. The van der Waals surface area contributed by atoms with Crippen LogP contribution in [0, 0.1) is 5.92 Å². The van der Waals surface area contributed by atoms with E-state index in [1.165, 1.54) is 0 Å². The fraction of sp³-hybridized carbons (Fsp3) is 0.375. The first-order valence-corrected chi connectivity index (χ1v) is 11.1. The second-order valence-corrected chi connectivity index (χ2v) is 8.48.